The number of hydrogen-bond acceptors (Lipinski definition) is 2. The summed E-state index contributed by atoms with van der Waals surface area (Å²) in [5, 5.41) is 2.37. The molecule has 0 aliphatic heterocycles. The lowest BCUT2D eigenvalue weighted by Crippen LogP contribution is -1.94. The molecule has 184 valence electrons. The van der Waals surface area contributed by atoms with Gasteiger partial charge in [-0.1, -0.05) is 77.4 Å². The lowest BCUT2D eigenvalue weighted by atomic mass is 9.96. The lowest BCUT2D eigenvalue weighted by Gasteiger charge is -2.08. The van der Waals surface area contributed by atoms with Crippen molar-refractivity contribution >= 4 is 32.9 Å². The number of aromatic nitrogens is 2. The zero-order chi connectivity index (χ0) is 26.0. The van der Waals surface area contributed by atoms with Crippen LogP contribution in [0, 0.1) is 27.7 Å². The van der Waals surface area contributed by atoms with Crippen molar-refractivity contribution in [3.05, 3.63) is 119 Å². The maximum absolute atomic E-state index is 6.27. The highest BCUT2D eigenvalue weighted by molar-refractivity contribution is 6.11. The molecule has 7 rings (SSSR count). The average Bonchev–Trinajstić information content (AvgIpc) is 3.46. The van der Waals surface area contributed by atoms with Crippen molar-refractivity contribution < 1.29 is 4.42 Å². The van der Waals surface area contributed by atoms with Crippen LogP contribution in [0.1, 0.15) is 22.3 Å². The molecular formula is C35H28N2O. The lowest BCUT2D eigenvalue weighted by molar-refractivity contribution is 0.574. The molecule has 0 aliphatic carbocycles. The molecule has 0 radical (unpaired) electrons. The molecule has 5 aromatic carbocycles. The quantitative estimate of drug-likeness (QED) is 0.246. The Morgan fingerprint density at radius 2 is 1.26 bits per heavy atom. The van der Waals surface area contributed by atoms with Crippen LogP contribution in [0.2, 0.25) is 0 Å². The third-order valence-corrected chi connectivity index (χ3v) is 7.49. The number of aryl methyl sites for hydroxylation is 4. The number of para-hydroxylation sites is 2. The zero-order valence-corrected chi connectivity index (χ0v) is 22.0. The zero-order valence-electron chi connectivity index (χ0n) is 22.0. The SMILES string of the molecule is Cc1cc(C)cc(-c2ccc3c(c2)c2cc(-c4ccc(C)cc4C)ccc2n3-c2nc3ccccc3o2)c1. The highest BCUT2D eigenvalue weighted by Crippen LogP contribution is 2.38. The topological polar surface area (TPSA) is 31.0 Å². The van der Waals surface area contributed by atoms with E-state index < -0.39 is 0 Å². The van der Waals surface area contributed by atoms with Gasteiger partial charge in [-0.05, 0) is 91.9 Å². The molecule has 0 atom stereocenters. The number of rotatable bonds is 3. The van der Waals surface area contributed by atoms with Crippen LogP contribution >= 0.6 is 0 Å². The number of oxazole rings is 1. The molecule has 0 saturated heterocycles. The summed E-state index contributed by atoms with van der Waals surface area (Å²) in [5.74, 6) is 0. The van der Waals surface area contributed by atoms with Crippen LogP contribution in [-0.4, -0.2) is 9.55 Å². The van der Waals surface area contributed by atoms with Gasteiger partial charge in [0.05, 0.1) is 11.0 Å². The summed E-state index contributed by atoms with van der Waals surface area (Å²) in [5.41, 5.74) is 13.8. The van der Waals surface area contributed by atoms with Gasteiger partial charge in [0.15, 0.2) is 5.58 Å². The third-order valence-electron chi connectivity index (χ3n) is 7.49. The molecule has 0 unspecified atom stereocenters. The van der Waals surface area contributed by atoms with Gasteiger partial charge in [0, 0.05) is 10.8 Å². The molecule has 2 aromatic heterocycles. The second-order valence-corrected chi connectivity index (χ2v) is 10.5. The maximum Gasteiger partial charge on any atom is 0.307 e. The molecular weight excluding hydrogens is 464 g/mol. The van der Waals surface area contributed by atoms with Crippen molar-refractivity contribution in [3.63, 3.8) is 0 Å². The van der Waals surface area contributed by atoms with Crippen molar-refractivity contribution in [2.75, 3.05) is 0 Å². The Bertz CT molecular complexity index is 1970. The largest absolute Gasteiger partial charge is 0.423 e. The molecule has 0 amide bonds. The fourth-order valence-corrected chi connectivity index (χ4v) is 5.81. The highest BCUT2D eigenvalue weighted by atomic mass is 16.4. The summed E-state index contributed by atoms with van der Waals surface area (Å²) in [4.78, 5) is 4.86. The Labute approximate surface area is 222 Å². The fraction of sp³-hybridized carbons (Fsp3) is 0.114. The molecule has 3 nitrogen and oxygen atoms in total. The summed E-state index contributed by atoms with van der Waals surface area (Å²) in [6.45, 7) is 8.64. The molecule has 7 aromatic rings. The Balaban J connectivity index is 1.53. The molecule has 0 saturated carbocycles. The molecule has 3 heteroatoms. The monoisotopic (exact) mass is 492 g/mol. The number of fused-ring (bicyclic) bond motifs is 4. The average molecular weight is 493 g/mol. The van der Waals surface area contributed by atoms with Gasteiger partial charge < -0.3 is 4.42 Å². The summed E-state index contributed by atoms with van der Waals surface area (Å²) >= 11 is 0. The molecule has 2 heterocycles. The van der Waals surface area contributed by atoms with Gasteiger partial charge in [-0.2, -0.15) is 4.98 Å². The van der Waals surface area contributed by atoms with E-state index in [2.05, 4.69) is 105 Å². The van der Waals surface area contributed by atoms with E-state index in [1.807, 2.05) is 24.3 Å². The van der Waals surface area contributed by atoms with Gasteiger partial charge in [0.1, 0.15) is 5.52 Å². The van der Waals surface area contributed by atoms with Gasteiger partial charge >= 0.3 is 6.01 Å². The third kappa shape index (κ3) is 3.62. The minimum Gasteiger partial charge on any atom is -0.423 e. The first-order chi connectivity index (χ1) is 18.4. The van der Waals surface area contributed by atoms with Crippen molar-refractivity contribution in [2.24, 2.45) is 0 Å². The van der Waals surface area contributed by atoms with Crippen LogP contribution < -0.4 is 0 Å². The van der Waals surface area contributed by atoms with Crippen LogP contribution in [-0.2, 0) is 0 Å². The van der Waals surface area contributed by atoms with Gasteiger partial charge in [-0.25, -0.2) is 0 Å². The van der Waals surface area contributed by atoms with Crippen LogP contribution in [0.4, 0.5) is 0 Å². The van der Waals surface area contributed by atoms with Gasteiger partial charge in [0.25, 0.3) is 0 Å². The molecule has 0 bridgehead atoms. The van der Waals surface area contributed by atoms with Gasteiger partial charge in [-0.15, -0.1) is 0 Å². The predicted molar refractivity (Wildman–Crippen MR) is 158 cm³/mol. The summed E-state index contributed by atoms with van der Waals surface area (Å²) in [6, 6.07) is 35.4. The second kappa shape index (κ2) is 8.46. The summed E-state index contributed by atoms with van der Waals surface area (Å²) < 4.78 is 8.43. The van der Waals surface area contributed by atoms with Crippen molar-refractivity contribution in [3.8, 4) is 28.3 Å². The fourth-order valence-electron chi connectivity index (χ4n) is 5.81. The Kier molecular flexibility index (Phi) is 5.02. The Morgan fingerprint density at radius 3 is 1.97 bits per heavy atom. The number of nitrogens with zero attached hydrogens (tertiary/aromatic N) is 2. The minimum atomic E-state index is 0.588. The Morgan fingerprint density at radius 1 is 0.579 bits per heavy atom. The normalized spacial score (nSPS) is 11.7. The number of hydrogen-bond donors (Lipinski definition) is 0. The first-order valence-electron chi connectivity index (χ1n) is 13.0. The standard InChI is InChI=1S/C35H28N2O/c1-21-9-12-28(24(4)16-21)26-11-14-33-30(20-26)29-19-25(27-17-22(2)15-23(3)18-27)10-13-32(29)37(33)35-36-31-7-5-6-8-34(31)38-35/h5-20H,1-4H3. The number of benzene rings is 5. The van der Waals surface area contributed by atoms with E-state index in [0.29, 0.717) is 6.01 Å². The van der Waals surface area contributed by atoms with E-state index in [1.165, 1.54) is 55.3 Å². The first kappa shape index (κ1) is 22.6. The molecule has 0 N–H and O–H groups in total. The van der Waals surface area contributed by atoms with Gasteiger partial charge in [0.2, 0.25) is 0 Å². The van der Waals surface area contributed by atoms with Crippen LogP contribution in [0.25, 0.3) is 61.2 Å². The van der Waals surface area contributed by atoms with Crippen LogP contribution in [0.15, 0.2) is 101 Å². The first-order valence-corrected chi connectivity index (χ1v) is 13.0. The van der Waals surface area contributed by atoms with Gasteiger partial charge in [-0.3, -0.25) is 4.57 Å². The predicted octanol–water partition coefficient (Wildman–Crippen LogP) is 9.49. The molecule has 0 fully saturated rings. The van der Waals surface area contributed by atoms with Crippen molar-refractivity contribution in [2.45, 2.75) is 27.7 Å². The van der Waals surface area contributed by atoms with Crippen LogP contribution in [0.3, 0.4) is 0 Å². The van der Waals surface area contributed by atoms with E-state index in [-0.39, 0.29) is 0 Å². The van der Waals surface area contributed by atoms with E-state index in [0.717, 1.165) is 22.1 Å². The van der Waals surface area contributed by atoms with E-state index in [4.69, 9.17) is 9.40 Å². The summed E-state index contributed by atoms with van der Waals surface area (Å²) in [6.07, 6.45) is 0. The van der Waals surface area contributed by atoms with Crippen molar-refractivity contribution in [1.82, 2.24) is 9.55 Å². The molecule has 0 aliphatic rings. The van der Waals surface area contributed by atoms with Crippen molar-refractivity contribution in [1.29, 1.82) is 0 Å². The smallest absolute Gasteiger partial charge is 0.307 e. The Hall–Kier alpha value is -4.63. The molecule has 0 spiro atoms. The van der Waals surface area contributed by atoms with Crippen LogP contribution in [0.5, 0.6) is 0 Å². The summed E-state index contributed by atoms with van der Waals surface area (Å²) in [7, 11) is 0. The minimum absolute atomic E-state index is 0.588. The van der Waals surface area contributed by atoms with E-state index in [9.17, 15) is 0 Å². The van der Waals surface area contributed by atoms with E-state index >= 15 is 0 Å². The molecule has 38 heavy (non-hydrogen) atoms. The highest BCUT2D eigenvalue weighted by Gasteiger charge is 2.18. The second-order valence-electron chi connectivity index (χ2n) is 10.5. The maximum atomic E-state index is 6.27. The van der Waals surface area contributed by atoms with E-state index in [1.54, 1.807) is 0 Å².